The summed E-state index contributed by atoms with van der Waals surface area (Å²) >= 11 is 0. The second kappa shape index (κ2) is 3.73. The van der Waals surface area contributed by atoms with E-state index in [-0.39, 0.29) is 11.0 Å². The molecular formula is C10H14O3SSi. The summed E-state index contributed by atoms with van der Waals surface area (Å²) in [5.41, 5.74) is 1.55. The number of aryl methyl sites for hydroxylation is 1. The molecule has 0 aliphatic heterocycles. The molecule has 2 unspecified atom stereocenters. The van der Waals surface area contributed by atoms with Crippen LogP contribution < -0.4 is 0 Å². The molecule has 0 radical (unpaired) electrons. The lowest BCUT2D eigenvalue weighted by Crippen LogP contribution is -2.08. The highest BCUT2D eigenvalue weighted by molar-refractivity contribution is 7.86. The maximum absolute atomic E-state index is 11.7. The van der Waals surface area contributed by atoms with Crippen LogP contribution in [0.15, 0.2) is 29.2 Å². The Morgan fingerprint density at radius 1 is 1.33 bits per heavy atom. The molecule has 0 heterocycles. The van der Waals surface area contributed by atoms with Gasteiger partial charge in [0.2, 0.25) is 0 Å². The van der Waals surface area contributed by atoms with Gasteiger partial charge in [0, 0.05) is 10.2 Å². The maximum Gasteiger partial charge on any atom is 0.297 e. The predicted molar refractivity (Wildman–Crippen MR) is 61.5 cm³/mol. The fraction of sp³-hybridized carbons (Fsp3) is 0.400. The normalized spacial score (nSPS) is 25.4. The third-order valence-corrected chi connectivity index (χ3v) is 5.16. The number of hydrogen-bond donors (Lipinski definition) is 0. The highest BCUT2D eigenvalue weighted by atomic mass is 32.2. The van der Waals surface area contributed by atoms with E-state index in [1.165, 1.54) is 0 Å². The van der Waals surface area contributed by atoms with Gasteiger partial charge in [0.25, 0.3) is 10.1 Å². The summed E-state index contributed by atoms with van der Waals surface area (Å²) < 4.78 is 28.6. The van der Waals surface area contributed by atoms with Crippen molar-refractivity contribution in [2.45, 2.75) is 29.9 Å². The molecule has 0 aromatic heterocycles. The number of benzene rings is 1. The molecule has 15 heavy (non-hydrogen) atoms. The van der Waals surface area contributed by atoms with E-state index >= 15 is 0 Å². The van der Waals surface area contributed by atoms with Crippen LogP contribution in [-0.4, -0.2) is 24.8 Å². The van der Waals surface area contributed by atoms with E-state index in [0.717, 1.165) is 22.2 Å². The Morgan fingerprint density at radius 2 is 1.87 bits per heavy atom. The van der Waals surface area contributed by atoms with Crippen molar-refractivity contribution in [3.05, 3.63) is 29.8 Å². The van der Waals surface area contributed by atoms with Gasteiger partial charge in [-0.3, -0.25) is 4.18 Å². The zero-order valence-corrected chi connectivity index (χ0v) is 11.6. The van der Waals surface area contributed by atoms with Crippen LogP contribution in [0.25, 0.3) is 0 Å². The molecule has 0 spiro atoms. The van der Waals surface area contributed by atoms with Crippen LogP contribution in [0.2, 0.25) is 5.54 Å². The molecule has 1 aromatic rings. The van der Waals surface area contributed by atoms with Crippen molar-refractivity contribution < 1.29 is 12.6 Å². The Kier molecular flexibility index (Phi) is 2.70. The molecule has 1 fully saturated rings. The van der Waals surface area contributed by atoms with E-state index in [1.54, 1.807) is 24.3 Å². The molecule has 1 saturated carbocycles. The van der Waals surface area contributed by atoms with Gasteiger partial charge in [-0.15, -0.1) is 0 Å². The SMILES string of the molecule is Cc1ccc(S(=O)(=O)OC2CC2[SiH3])cc1. The van der Waals surface area contributed by atoms with Crippen molar-refractivity contribution in [3.63, 3.8) is 0 Å². The number of hydrogen-bond acceptors (Lipinski definition) is 3. The molecule has 0 N–H and O–H groups in total. The van der Waals surface area contributed by atoms with Crippen molar-refractivity contribution >= 4 is 20.4 Å². The molecule has 0 amide bonds. The van der Waals surface area contributed by atoms with Crippen molar-refractivity contribution in [2.75, 3.05) is 0 Å². The van der Waals surface area contributed by atoms with Gasteiger partial charge in [-0.1, -0.05) is 17.7 Å². The van der Waals surface area contributed by atoms with Crippen LogP contribution in [0.3, 0.4) is 0 Å². The lowest BCUT2D eigenvalue weighted by molar-refractivity contribution is 0.305. The second-order valence-corrected chi connectivity index (χ2v) is 7.17. The van der Waals surface area contributed by atoms with Gasteiger partial charge in [-0.25, -0.2) is 0 Å². The molecule has 1 aliphatic carbocycles. The standard InChI is InChI=1S/C10H14O3SSi/c1-7-2-4-8(5-3-7)14(11,12)13-9-6-10(9)15/h2-5,9-10H,6H2,1,15H3. The van der Waals surface area contributed by atoms with E-state index in [0.29, 0.717) is 5.54 Å². The Morgan fingerprint density at radius 3 is 2.33 bits per heavy atom. The summed E-state index contributed by atoms with van der Waals surface area (Å²) in [5, 5.41) is 0. The fourth-order valence-corrected chi connectivity index (χ4v) is 3.32. The Labute approximate surface area is 93.0 Å². The second-order valence-electron chi connectivity index (χ2n) is 4.11. The van der Waals surface area contributed by atoms with E-state index in [4.69, 9.17) is 4.18 Å². The summed E-state index contributed by atoms with van der Waals surface area (Å²) in [6.07, 6.45) is 0.847. The molecule has 3 nitrogen and oxygen atoms in total. The number of rotatable bonds is 3. The summed E-state index contributed by atoms with van der Waals surface area (Å²) in [6.45, 7) is 1.92. The first kappa shape index (κ1) is 10.9. The van der Waals surface area contributed by atoms with Gasteiger partial charge < -0.3 is 0 Å². The monoisotopic (exact) mass is 242 g/mol. The van der Waals surface area contributed by atoms with Crippen LogP contribution in [0.5, 0.6) is 0 Å². The average molecular weight is 242 g/mol. The molecule has 0 bridgehead atoms. The Balaban J connectivity index is 2.18. The molecule has 1 aromatic carbocycles. The van der Waals surface area contributed by atoms with Crippen molar-refractivity contribution in [1.29, 1.82) is 0 Å². The first-order valence-electron chi connectivity index (χ1n) is 4.99. The topological polar surface area (TPSA) is 43.4 Å². The largest absolute Gasteiger partial charge is 0.297 e. The molecular weight excluding hydrogens is 228 g/mol. The van der Waals surface area contributed by atoms with Gasteiger partial charge in [-0.2, -0.15) is 8.42 Å². The Hall–Kier alpha value is -0.653. The van der Waals surface area contributed by atoms with E-state index in [9.17, 15) is 8.42 Å². The van der Waals surface area contributed by atoms with E-state index in [1.807, 2.05) is 6.92 Å². The van der Waals surface area contributed by atoms with Gasteiger partial charge in [0.15, 0.2) is 0 Å². The molecule has 0 saturated heterocycles. The maximum atomic E-state index is 11.7. The third-order valence-electron chi connectivity index (χ3n) is 2.60. The van der Waals surface area contributed by atoms with Gasteiger partial charge >= 0.3 is 0 Å². The Bertz CT molecular complexity index is 452. The molecule has 2 rings (SSSR count). The average Bonchev–Trinajstić information content (AvgIpc) is 2.81. The van der Waals surface area contributed by atoms with Crippen LogP contribution in [0, 0.1) is 6.92 Å². The molecule has 2 atom stereocenters. The lowest BCUT2D eigenvalue weighted by Gasteiger charge is -2.04. The zero-order chi connectivity index (χ0) is 11.1. The van der Waals surface area contributed by atoms with Crippen LogP contribution >= 0.6 is 0 Å². The van der Waals surface area contributed by atoms with Crippen molar-refractivity contribution in [3.8, 4) is 0 Å². The zero-order valence-electron chi connectivity index (χ0n) is 8.80. The minimum atomic E-state index is -3.52. The predicted octanol–water partition coefficient (Wildman–Crippen LogP) is 0.627. The van der Waals surface area contributed by atoms with Crippen LogP contribution in [-0.2, 0) is 14.3 Å². The first-order valence-corrected chi connectivity index (χ1v) is 7.55. The summed E-state index contributed by atoms with van der Waals surface area (Å²) in [7, 11) is -2.52. The quantitative estimate of drug-likeness (QED) is 0.577. The first-order chi connectivity index (χ1) is 6.99. The molecule has 5 heteroatoms. The third kappa shape index (κ3) is 2.48. The lowest BCUT2D eigenvalue weighted by atomic mass is 10.2. The van der Waals surface area contributed by atoms with Crippen LogP contribution in [0.1, 0.15) is 12.0 Å². The smallest absolute Gasteiger partial charge is 0.263 e. The van der Waals surface area contributed by atoms with Gasteiger partial charge in [0.1, 0.15) is 0 Å². The minimum absolute atomic E-state index is 0.0528. The fourth-order valence-electron chi connectivity index (χ4n) is 1.35. The highest BCUT2D eigenvalue weighted by Crippen LogP contribution is 2.38. The summed E-state index contributed by atoms with van der Waals surface area (Å²) in [4.78, 5) is 0.258. The minimum Gasteiger partial charge on any atom is -0.263 e. The van der Waals surface area contributed by atoms with E-state index < -0.39 is 10.1 Å². The van der Waals surface area contributed by atoms with Crippen molar-refractivity contribution in [1.82, 2.24) is 0 Å². The van der Waals surface area contributed by atoms with Gasteiger partial charge in [0.05, 0.1) is 11.0 Å². The van der Waals surface area contributed by atoms with Gasteiger partial charge in [-0.05, 0) is 31.0 Å². The summed E-state index contributed by atoms with van der Waals surface area (Å²) in [5.74, 6) is 0. The van der Waals surface area contributed by atoms with Crippen molar-refractivity contribution in [2.24, 2.45) is 0 Å². The highest BCUT2D eigenvalue weighted by Gasteiger charge is 2.38. The molecule has 82 valence electrons. The summed E-state index contributed by atoms with van der Waals surface area (Å²) in [6, 6.07) is 6.74. The molecule has 1 aliphatic rings. The van der Waals surface area contributed by atoms with Crippen LogP contribution in [0.4, 0.5) is 0 Å². The van der Waals surface area contributed by atoms with E-state index in [2.05, 4.69) is 0 Å².